The van der Waals surface area contributed by atoms with E-state index < -0.39 is 5.97 Å². The lowest BCUT2D eigenvalue weighted by atomic mass is 10.1. The molecule has 1 aromatic heterocycles. The van der Waals surface area contributed by atoms with Crippen molar-refractivity contribution in [2.75, 3.05) is 0 Å². The molecule has 0 radical (unpaired) electrons. The summed E-state index contributed by atoms with van der Waals surface area (Å²) in [6.07, 6.45) is 0.00145. The van der Waals surface area contributed by atoms with Crippen LogP contribution in [0.1, 0.15) is 5.56 Å². The summed E-state index contributed by atoms with van der Waals surface area (Å²) >= 11 is 5.97. The van der Waals surface area contributed by atoms with Gasteiger partial charge in [0.2, 0.25) is 0 Å². The summed E-state index contributed by atoms with van der Waals surface area (Å²) < 4.78 is 0. The van der Waals surface area contributed by atoms with Crippen LogP contribution >= 0.6 is 11.6 Å². The molecule has 0 amide bonds. The third kappa shape index (κ3) is 2.51. The van der Waals surface area contributed by atoms with Gasteiger partial charge < -0.3 is 10.1 Å². The molecule has 5 heteroatoms. The van der Waals surface area contributed by atoms with E-state index in [1.54, 1.807) is 12.1 Å². The standard InChI is InChI=1S/C15H11ClN2O2/c16-11-3-1-2-10(8-11)15-17-12-5-4-9(7-14(19)20)6-13(12)18-15/h1-6,8H,7H2,(H,17,18)(H,19,20). The molecule has 0 saturated heterocycles. The van der Waals surface area contributed by atoms with E-state index in [1.807, 2.05) is 30.3 Å². The minimum Gasteiger partial charge on any atom is -0.481 e. The number of carbonyl (C=O) groups is 1. The number of aromatic amines is 1. The van der Waals surface area contributed by atoms with Gasteiger partial charge in [-0.2, -0.15) is 0 Å². The van der Waals surface area contributed by atoms with Crippen molar-refractivity contribution in [1.29, 1.82) is 0 Å². The molecule has 2 N–H and O–H groups in total. The van der Waals surface area contributed by atoms with Gasteiger partial charge in [-0.15, -0.1) is 0 Å². The Kier molecular flexibility index (Phi) is 3.16. The Hall–Kier alpha value is -2.33. The molecule has 1 heterocycles. The fourth-order valence-corrected chi connectivity index (χ4v) is 2.30. The van der Waals surface area contributed by atoms with Gasteiger partial charge in [0.05, 0.1) is 17.5 Å². The highest BCUT2D eigenvalue weighted by Gasteiger charge is 2.07. The summed E-state index contributed by atoms with van der Waals surface area (Å²) in [5, 5.41) is 9.46. The zero-order valence-corrected chi connectivity index (χ0v) is 11.2. The predicted octanol–water partition coefficient (Wildman–Crippen LogP) is 3.51. The number of carboxylic acids is 1. The van der Waals surface area contributed by atoms with E-state index in [0.717, 1.165) is 28.0 Å². The number of rotatable bonds is 3. The third-order valence-corrected chi connectivity index (χ3v) is 3.23. The highest BCUT2D eigenvalue weighted by Crippen LogP contribution is 2.23. The van der Waals surface area contributed by atoms with Crippen LogP contribution in [0.3, 0.4) is 0 Å². The minimum absolute atomic E-state index is 0.00145. The molecule has 0 unspecified atom stereocenters. The monoisotopic (exact) mass is 286 g/mol. The fourth-order valence-electron chi connectivity index (χ4n) is 2.11. The molecular weight excluding hydrogens is 276 g/mol. The fraction of sp³-hybridized carbons (Fsp3) is 0.0667. The largest absolute Gasteiger partial charge is 0.481 e. The number of halogens is 1. The van der Waals surface area contributed by atoms with E-state index in [-0.39, 0.29) is 6.42 Å². The maximum Gasteiger partial charge on any atom is 0.307 e. The summed E-state index contributed by atoms with van der Waals surface area (Å²) in [5.74, 6) is -0.131. The number of aromatic nitrogens is 2. The lowest BCUT2D eigenvalue weighted by Gasteiger charge is -1.96. The number of hydrogen-bond donors (Lipinski definition) is 2. The van der Waals surface area contributed by atoms with Crippen molar-refractivity contribution in [2.45, 2.75) is 6.42 Å². The Bertz CT molecular complexity index is 795. The highest BCUT2D eigenvalue weighted by atomic mass is 35.5. The molecule has 0 fully saturated rings. The van der Waals surface area contributed by atoms with Crippen molar-refractivity contribution in [2.24, 2.45) is 0 Å². The predicted molar refractivity (Wildman–Crippen MR) is 77.9 cm³/mol. The summed E-state index contributed by atoms with van der Waals surface area (Å²) in [5.41, 5.74) is 3.26. The number of imidazole rings is 1. The number of fused-ring (bicyclic) bond motifs is 1. The van der Waals surface area contributed by atoms with Gasteiger partial charge in [0, 0.05) is 10.6 Å². The van der Waals surface area contributed by atoms with Crippen LogP contribution in [0, 0.1) is 0 Å². The van der Waals surface area contributed by atoms with Crippen LogP contribution in [-0.2, 0) is 11.2 Å². The third-order valence-electron chi connectivity index (χ3n) is 3.00. The second-order valence-corrected chi connectivity index (χ2v) is 4.95. The second-order valence-electron chi connectivity index (χ2n) is 4.52. The minimum atomic E-state index is -0.848. The topological polar surface area (TPSA) is 66.0 Å². The van der Waals surface area contributed by atoms with Gasteiger partial charge in [-0.05, 0) is 29.8 Å². The molecule has 0 aliphatic rings. The van der Waals surface area contributed by atoms with Crippen LogP contribution in [0.2, 0.25) is 5.02 Å². The van der Waals surface area contributed by atoms with Crippen molar-refractivity contribution in [3.05, 3.63) is 53.1 Å². The number of nitrogens with one attached hydrogen (secondary N) is 1. The van der Waals surface area contributed by atoms with E-state index in [0.29, 0.717) is 5.02 Å². The molecule has 0 atom stereocenters. The molecule has 100 valence electrons. The normalized spacial score (nSPS) is 10.8. The van der Waals surface area contributed by atoms with Gasteiger partial charge in [0.1, 0.15) is 5.82 Å². The quantitative estimate of drug-likeness (QED) is 0.774. The van der Waals surface area contributed by atoms with Gasteiger partial charge >= 0.3 is 5.97 Å². The molecule has 0 aliphatic heterocycles. The highest BCUT2D eigenvalue weighted by molar-refractivity contribution is 6.30. The van der Waals surface area contributed by atoms with Crippen molar-refractivity contribution in [3.63, 3.8) is 0 Å². The summed E-state index contributed by atoms with van der Waals surface area (Å²) in [7, 11) is 0. The van der Waals surface area contributed by atoms with Crippen molar-refractivity contribution < 1.29 is 9.90 Å². The molecule has 0 aliphatic carbocycles. The summed E-state index contributed by atoms with van der Waals surface area (Å²) in [6.45, 7) is 0. The maximum atomic E-state index is 10.7. The Balaban J connectivity index is 2.04. The Labute approximate surface area is 120 Å². The van der Waals surface area contributed by atoms with Gasteiger partial charge in [-0.25, -0.2) is 4.98 Å². The van der Waals surface area contributed by atoms with Crippen LogP contribution < -0.4 is 0 Å². The smallest absolute Gasteiger partial charge is 0.307 e. The van der Waals surface area contributed by atoms with Crippen molar-refractivity contribution >= 4 is 28.6 Å². The first-order valence-corrected chi connectivity index (χ1v) is 6.46. The Morgan fingerprint density at radius 3 is 2.85 bits per heavy atom. The first-order chi connectivity index (χ1) is 9.61. The van der Waals surface area contributed by atoms with E-state index in [9.17, 15) is 4.79 Å². The first-order valence-electron chi connectivity index (χ1n) is 6.08. The van der Waals surface area contributed by atoms with Crippen molar-refractivity contribution in [3.8, 4) is 11.4 Å². The number of aliphatic carboxylic acids is 1. The van der Waals surface area contributed by atoms with Crippen LogP contribution in [-0.4, -0.2) is 21.0 Å². The van der Waals surface area contributed by atoms with Crippen LogP contribution in [0.25, 0.3) is 22.4 Å². The van der Waals surface area contributed by atoms with E-state index in [4.69, 9.17) is 16.7 Å². The van der Waals surface area contributed by atoms with E-state index in [2.05, 4.69) is 9.97 Å². The molecule has 2 aromatic carbocycles. The lowest BCUT2D eigenvalue weighted by Crippen LogP contribution is -1.99. The van der Waals surface area contributed by atoms with Gasteiger partial charge in [0.25, 0.3) is 0 Å². The van der Waals surface area contributed by atoms with Crippen LogP contribution in [0.15, 0.2) is 42.5 Å². The number of nitrogens with zero attached hydrogens (tertiary/aromatic N) is 1. The van der Waals surface area contributed by atoms with Crippen LogP contribution in [0.4, 0.5) is 0 Å². The Morgan fingerprint density at radius 1 is 1.25 bits per heavy atom. The molecule has 3 rings (SSSR count). The molecule has 0 bridgehead atoms. The number of H-pyrrole nitrogens is 1. The molecular formula is C15H11ClN2O2. The first kappa shape index (κ1) is 12.7. The number of hydrogen-bond acceptors (Lipinski definition) is 2. The average Bonchev–Trinajstić information content (AvgIpc) is 2.81. The summed E-state index contributed by atoms with van der Waals surface area (Å²) in [4.78, 5) is 18.4. The SMILES string of the molecule is O=C(O)Cc1ccc2nc(-c3cccc(Cl)c3)[nH]c2c1. The maximum absolute atomic E-state index is 10.7. The van der Waals surface area contributed by atoms with Crippen LogP contribution in [0.5, 0.6) is 0 Å². The van der Waals surface area contributed by atoms with Gasteiger partial charge in [-0.1, -0.05) is 29.8 Å². The molecule has 0 spiro atoms. The second kappa shape index (κ2) is 4.98. The van der Waals surface area contributed by atoms with Gasteiger partial charge in [0.15, 0.2) is 0 Å². The average molecular weight is 287 g/mol. The zero-order valence-electron chi connectivity index (χ0n) is 10.4. The molecule has 20 heavy (non-hydrogen) atoms. The summed E-state index contributed by atoms with van der Waals surface area (Å²) in [6, 6.07) is 12.8. The van der Waals surface area contributed by atoms with E-state index in [1.165, 1.54) is 0 Å². The molecule has 4 nitrogen and oxygen atoms in total. The number of carboxylic acid groups (broad SMARTS) is 1. The lowest BCUT2D eigenvalue weighted by molar-refractivity contribution is -0.136. The van der Waals surface area contributed by atoms with Crippen molar-refractivity contribution in [1.82, 2.24) is 9.97 Å². The zero-order chi connectivity index (χ0) is 14.1. The molecule has 0 saturated carbocycles. The Morgan fingerprint density at radius 2 is 2.10 bits per heavy atom. The van der Waals surface area contributed by atoms with E-state index >= 15 is 0 Å². The number of benzene rings is 2. The molecule has 3 aromatic rings. The van der Waals surface area contributed by atoms with Gasteiger partial charge in [-0.3, -0.25) is 4.79 Å².